The molecule has 1 heterocycles. The molecule has 2 fully saturated rings. The van der Waals surface area contributed by atoms with Crippen LogP contribution in [0.2, 0.25) is 0 Å². The maximum atomic E-state index is 6.31. The van der Waals surface area contributed by atoms with Gasteiger partial charge >= 0.3 is 0 Å². The predicted molar refractivity (Wildman–Crippen MR) is 71.0 cm³/mol. The predicted octanol–water partition coefficient (Wildman–Crippen LogP) is 2.00. The number of morpholine rings is 1. The largest absolute Gasteiger partial charge is 0.375 e. The van der Waals surface area contributed by atoms with Crippen LogP contribution in [0, 0.1) is 5.41 Å². The van der Waals surface area contributed by atoms with E-state index >= 15 is 0 Å². The van der Waals surface area contributed by atoms with Crippen LogP contribution in [0.5, 0.6) is 0 Å². The smallest absolute Gasteiger partial charge is 0.0730 e. The Labute approximate surface area is 106 Å². The van der Waals surface area contributed by atoms with Crippen molar-refractivity contribution in [3.63, 3.8) is 0 Å². The molecule has 0 bridgehead atoms. The third kappa shape index (κ3) is 2.67. The van der Waals surface area contributed by atoms with Crippen molar-refractivity contribution in [2.75, 3.05) is 19.7 Å². The van der Waals surface area contributed by atoms with E-state index < -0.39 is 0 Å². The van der Waals surface area contributed by atoms with Crippen LogP contribution in [0.15, 0.2) is 0 Å². The SMILES string of the molecule is CC(C)(N)C(C)(C)CN1CCOC2CCCC21. The van der Waals surface area contributed by atoms with Gasteiger partial charge in [-0.2, -0.15) is 0 Å². The fourth-order valence-corrected chi connectivity index (χ4v) is 2.91. The van der Waals surface area contributed by atoms with Gasteiger partial charge in [-0.25, -0.2) is 0 Å². The van der Waals surface area contributed by atoms with Gasteiger partial charge in [0.25, 0.3) is 0 Å². The van der Waals surface area contributed by atoms with Gasteiger partial charge in [0, 0.05) is 24.7 Å². The molecule has 1 aliphatic heterocycles. The number of ether oxygens (including phenoxy) is 1. The molecular weight excluding hydrogens is 212 g/mol. The molecule has 3 nitrogen and oxygen atoms in total. The molecule has 1 aliphatic carbocycles. The van der Waals surface area contributed by atoms with E-state index in [1.54, 1.807) is 0 Å². The van der Waals surface area contributed by atoms with Crippen molar-refractivity contribution in [3.05, 3.63) is 0 Å². The van der Waals surface area contributed by atoms with Gasteiger partial charge in [0.2, 0.25) is 0 Å². The molecule has 0 spiro atoms. The van der Waals surface area contributed by atoms with E-state index in [1.165, 1.54) is 19.3 Å². The van der Waals surface area contributed by atoms with Gasteiger partial charge in [-0.3, -0.25) is 4.90 Å². The summed E-state index contributed by atoms with van der Waals surface area (Å²) in [7, 11) is 0. The van der Waals surface area contributed by atoms with Crippen molar-refractivity contribution in [1.82, 2.24) is 4.90 Å². The number of rotatable bonds is 3. The highest BCUT2D eigenvalue weighted by Gasteiger charge is 2.41. The van der Waals surface area contributed by atoms with Gasteiger partial charge < -0.3 is 10.5 Å². The van der Waals surface area contributed by atoms with E-state index in [2.05, 4.69) is 32.6 Å². The zero-order valence-corrected chi connectivity index (χ0v) is 11.8. The average Bonchev–Trinajstić information content (AvgIpc) is 2.64. The summed E-state index contributed by atoms with van der Waals surface area (Å²) >= 11 is 0. The Morgan fingerprint density at radius 3 is 2.59 bits per heavy atom. The van der Waals surface area contributed by atoms with Crippen LogP contribution in [0.1, 0.15) is 47.0 Å². The molecule has 1 saturated carbocycles. The van der Waals surface area contributed by atoms with Crippen molar-refractivity contribution >= 4 is 0 Å². The van der Waals surface area contributed by atoms with E-state index in [1.807, 2.05) is 0 Å². The summed E-state index contributed by atoms with van der Waals surface area (Å²) in [6.45, 7) is 11.9. The van der Waals surface area contributed by atoms with Crippen LogP contribution in [-0.2, 0) is 4.74 Å². The van der Waals surface area contributed by atoms with Gasteiger partial charge in [-0.1, -0.05) is 13.8 Å². The number of nitrogens with zero attached hydrogens (tertiary/aromatic N) is 1. The van der Waals surface area contributed by atoms with Crippen LogP contribution in [0.3, 0.4) is 0 Å². The fraction of sp³-hybridized carbons (Fsp3) is 1.00. The second kappa shape index (κ2) is 4.52. The van der Waals surface area contributed by atoms with E-state index in [4.69, 9.17) is 10.5 Å². The molecule has 0 aromatic carbocycles. The Kier molecular flexibility index (Phi) is 3.54. The van der Waals surface area contributed by atoms with Gasteiger partial charge in [0.05, 0.1) is 12.7 Å². The average molecular weight is 240 g/mol. The lowest BCUT2D eigenvalue weighted by Gasteiger charge is -2.46. The fourth-order valence-electron chi connectivity index (χ4n) is 2.91. The summed E-state index contributed by atoms with van der Waals surface area (Å²) in [5.41, 5.74) is 6.31. The van der Waals surface area contributed by atoms with E-state index in [0.717, 1.165) is 19.7 Å². The maximum absolute atomic E-state index is 6.31. The molecule has 0 amide bonds. The second-order valence-corrected chi connectivity index (χ2v) is 6.98. The molecule has 2 unspecified atom stereocenters. The lowest BCUT2D eigenvalue weighted by molar-refractivity contribution is -0.0712. The Balaban J connectivity index is 2.03. The first-order valence-corrected chi connectivity index (χ1v) is 6.96. The van der Waals surface area contributed by atoms with Gasteiger partial charge in [0.1, 0.15) is 0 Å². The lowest BCUT2D eigenvalue weighted by atomic mass is 9.74. The normalized spacial score (nSPS) is 31.6. The third-order valence-electron chi connectivity index (χ3n) is 4.94. The quantitative estimate of drug-likeness (QED) is 0.820. The van der Waals surface area contributed by atoms with E-state index in [-0.39, 0.29) is 11.0 Å². The van der Waals surface area contributed by atoms with Crippen molar-refractivity contribution in [2.24, 2.45) is 11.1 Å². The highest BCUT2D eigenvalue weighted by Crippen LogP contribution is 2.35. The molecule has 17 heavy (non-hydrogen) atoms. The highest BCUT2D eigenvalue weighted by molar-refractivity contribution is 4.96. The first-order chi connectivity index (χ1) is 7.81. The van der Waals surface area contributed by atoms with Crippen molar-refractivity contribution in [1.29, 1.82) is 0 Å². The molecule has 2 N–H and O–H groups in total. The van der Waals surface area contributed by atoms with Crippen LogP contribution < -0.4 is 5.73 Å². The van der Waals surface area contributed by atoms with Gasteiger partial charge in [-0.15, -0.1) is 0 Å². The molecule has 100 valence electrons. The van der Waals surface area contributed by atoms with Gasteiger partial charge in [-0.05, 0) is 38.5 Å². The molecule has 2 rings (SSSR count). The maximum Gasteiger partial charge on any atom is 0.0730 e. The molecule has 2 atom stereocenters. The Morgan fingerprint density at radius 1 is 1.24 bits per heavy atom. The molecular formula is C14H28N2O. The lowest BCUT2D eigenvalue weighted by Crippen LogP contribution is -2.57. The first-order valence-electron chi connectivity index (χ1n) is 6.96. The minimum absolute atomic E-state index is 0.136. The second-order valence-electron chi connectivity index (χ2n) is 6.98. The number of hydrogen-bond acceptors (Lipinski definition) is 3. The monoisotopic (exact) mass is 240 g/mol. The summed E-state index contributed by atoms with van der Waals surface area (Å²) in [5.74, 6) is 0. The topological polar surface area (TPSA) is 38.5 Å². The van der Waals surface area contributed by atoms with Crippen molar-refractivity contribution in [2.45, 2.75) is 64.6 Å². The molecule has 0 radical (unpaired) electrons. The van der Waals surface area contributed by atoms with E-state index in [0.29, 0.717) is 12.1 Å². The Hall–Kier alpha value is -0.120. The van der Waals surface area contributed by atoms with E-state index in [9.17, 15) is 0 Å². The van der Waals surface area contributed by atoms with Crippen molar-refractivity contribution in [3.8, 4) is 0 Å². The number of fused-ring (bicyclic) bond motifs is 1. The number of nitrogens with two attached hydrogens (primary N) is 1. The molecule has 3 heteroatoms. The Bertz CT molecular complexity index is 270. The third-order valence-corrected chi connectivity index (χ3v) is 4.94. The standard InChI is InChI=1S/C14H28N2O/c1-13(2,14(3,4)15)10-16-8-9-17-12-7-5-6-11(12)16/h11-12H,5-10,15H2,1-4H3. The molecule has 0 aromatic heterocycles. The molecule has 2 aliphatic rings. The zero-order chi connectivity index (χ0) is 12.7. The zero-order valence-electron chi connectivity index (χ0n) is 11.8. The molecule has 0 aromatic rings. The van der Waals surface area contributed by atoms with Gasteiger partial charge in [0.15, 0.2) is 0 Å². The summed E-state index contributed by atoms with van der Waals surface area (Å²) in [4.78, 5) is 2.62. The minimum atomic E-state index is -0.139. The Morgan fingerprint density at radius 2 is 1.94 bits per heavy atom. The summed E-state index contributed by atoms with van der Waals surface area (Å²) in [6, 6.07) is 0.644. The van der Waals surface area contributed by atoms with Crippen LogP contribution in [0.25, 0.3) is 0 Å². The molecule has 1 saturated heterocycles. The summed E-state index contributed by atoms with van der Waals surface area (Å²) in [6.07, 6.45) is 4.35. The van der Waals surface area contributed by atoms with Crippen LogP contribution >= 0.6 is 0 Å². The van der Waals surface area contributed by atoms with Crippen LogP contribution in [-0.4, -0.2) is 42.3 Å². The first kappa shape index (κ1) is 13.3. The minimum Gasteiger partial charge on any atom is -0.375 e. The summed E-state index contributed by atoms with van der Waals surface area (Å²) < 4.78 is 5.86. The summed E-state index contributed by atoms with van der Waals surface area (Å²) in [5, 5.41) is 0. The van der Waals surface area contributed by atoms with Crippen LogP contribution in [0.4, 0.5) is 0 Å². The highest BCUT2D eigenvalue weighted by atomic mass is 16.5. The number of hydrogen-bond donors (Lipinski definition) is 1. The van der Waals surface area contributed by atoms with Crippen molar-refractivity contribution < 1.29 is 4.74 Å².